The molecule has 1 atom stereocenters. The van der Waals surface area contributed by atoms with E-state index < -0.39 is 23.8 Å². The van der Waals surface area contributed by atoms with E-state index in [0.29, 0.717) is 0 Å². The molecule has 0 radical (unpaired) electrons. The van der Waals surface area contributed by atoms with Gasteiger partial charge < -0.3 is 15.2 Å². The van der Waals surface area contributed by atoms with Gasteiger partial charge >= 0.3 is 6.18 Å². The number of aliphatic hydroxyl groups is 1. The van der Waals surface area contributed by atoms with Crippen LogP contribution in [0.1, 0.15) is 16.1 Å². The van der Waals surface area contributed by atoms with Crippen molar-refractivity contribution in [2.24, 2.45) is 0 Å². The second-order valence-electron chi connectivity index (χ2n) is 4.92. The lowest BCUT2D eigenvalue weighted by Crippen LogP contribution is -2.35. The smallest absolute Gasteiger partial charge is 0.416 e. The molecule has 2 rings (SSSR count). The Morgan fingerprint density at radius 1 is 1.25 bits per heavy atom. The molecule has 2 aromatic rings. The summed E-state index contributed by atoms with van der Waals surface area (Å²) in [6.07, 6.45) is -4.08. The van der Waals surface area contributed by atoms with Crippen LogP contribution in [0.15, 0.2) is 48.7 Å². The van der Waals surface area contributed by atoms with E-state index in [2.05, 4.69) is 10.3 Å². The summed E-state index contributed by atoms with van der Waals surface area (Å²) in [6.45, 7) is -0.377. The maximum Gasteiger partial charge on any atom is 0.416 e. The molecule has 1 aromatic carbocycles. The minimum absolute atomic E-state index is 0.0140. The average Bonchev–Trinajstić information content (AvgIpc) is 2.58. The van der Waals surface area contributed by atoms with Crippen molar-refractivity contribution in [1.82, 2.24) is 10.3 Å². The van der Waals surface area contributed by atoms with Crippen molar-refractivity contribution in [2.45, 2.75) is 12.3 Å². The van der Waals surface area contributed by atoms with E-state index in [-0.39, 0.29) is 24.6 Å². The normalized spacial score (nSPS) is 12.5. The Labute approximate surface area is 136 Å². The van der Waals surface area contributed by atoms with Gasteiger partial charge in [-0.25, -0.2) is 0 Å². The molecule has 0 saturated heterocycles. The highest BCUT2D eigenvalue weighted by Crippen LogP contribution is 2.31. The molecular formula is C16H15F3N2O3. The topological polar surface area (TPSA) is 71.5 Å². The first-order valence-electron chi connectivity index (χ1n) is 7.03. The largest absolute Gasteiger partial charge is 0.491 e. The fourth-order valence-corrected chi connectivity index (χ4v) is 1.81. The number of aliphatic hydroxyl groups excluding tert-OH is 1. The summed E-state index contributed by atoms with van der Waals surface area (Å²) in [4.78, 5) is 15.6. The molecule has 0 fully saturated rings. The number of benzene rings is 1. The highest BCUT2D eigenvalue weighted by Gasteiger charge is 2.30. The number of amides is 1. The predicted octanol–water partition coefficient (Wildman–Crippen LogP) is 2.27. The van der Waals surface area contributed by atoms with E-state index in [0.717, 1.165) is 12.1 Å². The zero-order chi connectivity index (χ0) is 17.6. The molecule has 0 aliphatic heterocycles. The first-order chi connectivity index (χ1) is 11.4. The van der Waals surface area contributed by atoms with Crippen LogP contribution >= 0.6 is 0 Å². The van der Waals surface area contributed by atoms with Gasteiger partial charge in [-0.3, -0.25) is 9.78 Å². The van der Waals surface area contributed by atoms with E-state index in [1.165, 1.54) is 24.4 Å². The zero-order valence-electron chi connectivity index (χ0n) is 12.5. The molecular weight excluding hydrogens is 325 g/mol. The van der Waals surface area contributed by atoms with E-state index in [4.69, 9.17) is 4.74 Å². The Hall–Kier alpha value is -2.61. The van der Waals surface area contributed by atoms with Gasteiger partial charge in [0.1, 0.15) is 24.2 Å². The van der Waals surface area contributed by atoms with Crippen LogP contribution in [0.25, 0.3) is 0 Å². The molecule has 1 heterocycles. The Kier molecular flexibility index (Phi) is 5.75. The van der Waals surface area contributed by atoms with Crippen molar-refractivity contribution in [3.05, 3.63) is 59.9 Å². The summed E-state index contributed by atoms with van der Waals surface area (Å²) in [6, 6.07) is 9.17. The molecule has 1 aromatic heterocycles. The number of aromatic nitrogens is 1. The number of nitrogens with zero attached hydrogens (tertiary/aromatic N) is 1. The fraction of sp³-hybridized carbons (Fsp3) is 0.250. The van der Waals surface area contributed by atoms with Crippen molar-refractivity contribution >= 4 is 5.91 Å². The van der Waals surface area contributed by atoms with E-state index in [9.17, 15) is 23.1 Å². The van der Waals surface area contributed by atoms with Crippen LogP contribution in [0, 0.1) is 0 Å². The quantitative estimate of drug-likeness (QED) is 0.846. The third-order valence-corrected chi connectivity index (χ3v) is 3.00. The Morgan fingerprint density at radius 3 is 2.71 bits per heavy atom. The monoisotopic (exact) mass is 340 g/mol. The summed E-state index contributed by atoms with van der Waals surface area (Å²) in [5.74, 6) is -0.478. The number of hydrogen-bond acceptors (Lipinski definition) is 4. The highest BCUT2D eigenvalue weighted by molar-refractivity contribution is 5.92. The van der Waals surface area contributed by atoms with Gasteiger partial charge in [0.15, 0.2) is 0 Å². The first-order valence-corrected chi connectivity index (χ1v) is 7.03. The SMILES string of the molecule is O=C(NC[C@H](O)COc1cccc(C(F)(F)F)c1)c1ccccn1. The molecule has 5 nitrogen and oxygen atoms in total. The van der Waals surface area contributed by atoms with Crippen LogP contribution in [-0.2, 0) is 6.18 Å². The van der Waals surface area contributed by atoms with Crippen molar-refractivity contribution in [3.63, 3.8) is 0 Å². The second kappa shape index (κ2) is 7.78. The lowest BCUT2D eigenvalue weighted by Gasteiger charge is -2.14. The molecule has 0 bridgehead atoms. The summed E-state index contributed by atoms with van der Waals surface area (Å²) < 4.78 is 42.9. The van der Waals surface area contributed by atoms with Crippen molar-refractivity contribution in [2.75, 3.05) is 13.2 Å². The van der Waals surface area contributed by atoms with Crippen molar-refractivity contribution in [3.8, 4) is 5.75 Å². The molecule has 0 spiro atoms. The van der Waals surface area contributed by atoms with E-state index >= 15 is 0 Å². The number of halogens is 3. The van der Waals surface area contributed by atoms with Crippen molar-refractivity contribution < 1.29 is 27.8 Å². The number of ether oxygens (including phenoxy) is 1. The summed E-state index contributed by atoms with van der Waals surface area (Å²) in [5.41, 5.74) is -0.638. The molecule has 0 saturated carbocycles. The van der Waals surface area contributed by atoms with Crippen LogP contribution in [-0.4, -0.2) is 35.3 Å². The van der Waals surface area contributed by atoms with Crippen LogP contribution in [0.3, 0.4) is 0 Å². The number of hydrogen-bond donors (Lipinski definition) is 2. The minimum Gasteiger partial charge on any atom is -0.491 e. The Morgan fingerprint density at radius 2 is 2.04 bits per heavy atom. The molecule has 24 heavy (non-hydrogen) atoms. The molecule has 0 aliphatic rings. The third-order valence-electron chi connectivity index (χ3n) is 3.00. The number of carbonyl (C=O) groups excluding carboxylic acids is 1. The summed E-state index contributed by atoms with van der Waals surface area (Å²) >= 11 is 0. The van der Waals surface area contributed by atoms with Gasteiger partial charge in [-0.05, 0) is 30.3 Å². The first kappa shape index (κ1) is 17.7. The Balaban J connectivity index is 1.81. The van der Waals surface area contributed by atoms with Crippen LogP contribution in [0.4, 0.5) is 13.2 Å². The molecule has 2 N–H and O–H groups in total. The minimum atomic E-state index is -4.46. The van der Waals surface area contributed by atoms with Crippen LogP contribution in [0.5, 0.6) is 5.75 Å². The average molecular weight is 340 g/mol. The molecule has 1 amide bonds. The maximum absolute atomic E-state index is 12.6. The molecule has 0 unspecified atom stereocenters. The predicted molar refractivity (Wildman–Crippen MR) is 79.5 cm³/mol. The van der Waals surface area contributed by atoms with Crippen LogP contribution in [0.2, 0.25) is 0 Å². The summed E-state index contributed by atoms with van der Waals surface area (Å²) in [5, 5.41) is 12.2. The lowest BCUT2D eigenvalue weighted by molar-refractivity contribution is -0.137. The number of alkyl halides is 3. The number of rotatable bonds is 6. The van der Waals surface area contributed by atoms with Crippen molar-refractivity contribution in [1.29, 1.82) is 0 Å². The third kappa shape index (κ3) is 5.24. The standard InChI is InChI=1S/C16H15F3N2O3/c17-16(18,19)11-4-3-5-13(8-11)24-10-12(22)9-21-15(23)14-6-1-2-7-20-14/h1-8,12,22H,9-10H2,(H,21,23)/t12-/m0/s1. The molecule has 128 valence electrons. The van der Waals surface area contributed by atoms with Gasteiger partial charge in [0.05, 0.1) is 5.56 Å². The van der Waals surface area contributed by atoms with Gasteiger partial charge in [-0.15, -0.1) is 0 Å². The Bertz CT molecular complexity index is 678. The van der Waals surface area contributed by atoms with Gasteiger partial charge in [0, 0.05) is 12.7 Å². The zero-order valence-corrected chi connectivity index (χ0v) is 12.5. The molecule has 0 aliphatic carbocycles. The fourth-order valence-electron chi connectivity index (χ4n) is 1.81. The number of carbonyl (C=O) groups is 1. The van der Waals surface area contributed by atoms with Gasteiger partial charge in [0.25, 0.3) is 5.91 Å². The summed E-state index contributed by atoms with van der Waals surface area (Å²) in [7, 11) is 0. The maximum atomic E-state index is 12.6. The lowest BCUT2D eigenvalue weighted by atomic mass is 10.2. The van der Waals surface area contributed by atoms with E-state index in [1.54, 1.807) is 12.1 Å². The van der Waals surface area contributed by atoms with Gasteiger partial charge in [0.2, 0.25) is 0 Å². The van der Waals surface area contributed by atoms with Crippen LogP contribution < -0.4 is 10.1 Å². The van der Waals surface area contributed by atoms with E-state index in [1.807, 2.05) is 0 Å². The molecule has 8 heteroatoms. The highest BCUT2D eigenvalue weighted by atomic mass is 19.4. The second-order valence-corrected chi connectivity index (χ2v) is 4.92. The number of nitrogens with one attached hydrogen (secondary N) is 1. The van der Waals surface area contributed by atoms with Gasteiger partial charge in [-0.2, -0.15) is 13.2 Å². The number of pyridine rings is 1. The van der Waals surface area contributed by atoms with Gasteiger partial charge in [-0.1, -0.05) is 12.1 Å².